The summed E-state index contributed by atoms with van der Waals surface area (Å²) in [5.41, 5.74) is 0. The van der Waals surface area contributed by atoms with Gasteiger partial charge in [0.05, 0.1) is 0 Å². The van der Waals surface area contributed by atoms with Gasteiger partial charge >= 0.3 is 0 Å². The Labute approximate surface area is 76.5 Å². The molecule has 0 aromatic carbocycles. The van der Waals surface area contributed by atoms with Gasteiger partial charge in [0.1, 0.15) is 5.03 Å². The zero-order valence-electron chi connectivity index (χ0n) is 4.75. The molecule has 1 heterocycles. The average molecular weight is 212 g/mol. The highest BCUT2D eigenvalue weighted by Crippen LogP contribution is 2.24. The van der Waals surface area contributed by atoms with Gasteiger partial charge in [0.25, 0.3) is 0 Å². The Morgan fingerprint density at radius 1 is 1.20 bits per heavy atom. The van der Waals surface area contributed by atoms with Gasteiger partial charge in [-0.2, -0.15) is 0 Å². The van der Waals surface area contributed by atoms with Gasteiger partial charge in [0.2, 0.25) is 0 Å². The fourth-order valence-corrected chi connectivity index (χ4v) is 1.43. The van der Waals surface area contributed by atoms with Crippen LogP contribution in [0.15, 0.2) is 28.3 Å². The van der Waals surface area contributed by atoms with Crippen LogP contribution in [0.4, 0.5) is 0 Å². The van der Waals surface area contributed by atoms with Gasteiger partial charge in [-0.15, -0.1) is 0 Å². The van der Waals surface area contributed by atoms with Crippen LogP contribution in [-0.4, -0.2) is 4.98 Å². The molecule has 0 saturated carbocycles. The second kappa shape index (κ2) is 4.34. The van der Waals surface area contributed by atoms with Crippen LogP contribution >= 0.6 is 43.3 Å². The van der Waals surface area contributed by atoms with E-state index in [4.69, 9.17) is 21.4 Å². The maximum Gasteiger partial charge on any atom is 0.112 e. The molecule has 0 aliphatic carbocycles. The van der Waals surface area contributed by atoms with Crippen LogP contribution in [-0.2, 0) is 0 Å². The highest BCUT2D eigenvalue weighted by molar-refractivity contribution is 8.21. The third kappa shape index (κ3) is 2.23. The summed E-state index contributed by atoms with van der Waals surface area (Å²) >= 11 is 0. The lowest BCUT2D eigenvalue weighted by molar-refractivity contribution is 1.09. The van der Waals surface area contributed by atoms with Gasteiger partial charge in [-0.05, 0) is 44.5 Å². The zero-order valence-corrected chi connectivity index (χ0v) is 7.90. The monoisotopic (exact) mass is 211 g/mol. The van der Waals surface area contributed by atoms with Gasteiger partial charge in [-0.25, -0.2) is 4.98 Å². The van der Waals surface area contributed by atoms with Crippen LogP contribution in [0.3, 0.4) is 0 Å². The van der Waals surface area contributed by atoms with Gasteiger partial charge in [0.15, 0.2) is 0 Å². The quantitative estimate of drug-likeness (QED) is 0.743. The van der Waals surface area contributed by atoms with Gasteiger partial charge in [0, 0.05) is 22.1 Å². The van der Waals surface area contributed by atoms with Crippen molar-refractivity contribution in [1.29, 1.82) is 0 Å². The minimum atomic E-state index is 0.788. The summed E-state index contributed by atoms with van der Waals surface area (Å²) in [6.45, 7) is 0. The molecule has 1 aromatic heterocycles. The number of hydrogen-bond acceptors (Lipinski definition) is 3. The highest BCUT2D eigenvalue weighted by Gasteiger charge is 1.93. The Bertz CT molecular complexity index is 178. The van der Waals surface area contributed by atoms with Crippen molar-refractivity contribution in [3.8, 4) is 0 Å². The van der Waals surface area contributed by atoms with E-state index < -0.39 is 0 Å². The van der Waals surface area contributed by atoms with Crippen LogP contribution < -0.4 is 0 Å². The second-order valence-corrected chi connectivity index (χ2v) is 3.61. The Balaban J connectivity index is 2.80. The second-order valence-electron chi connectivity index (χ2n) is 1.49. The Morgan fingerprint density at radius 3 is 2.40 bits per heavy atom. The summed E-state index contributed by atoms with van der Waals surface area (Å²) in [4.78, 5) is 4.92. The lowest BCUT2D eigenvalue weighted by Gasteiger charge is -1.93. The number of hydrogen-bond donors (Lipinski definition) is 0. The predicted octanol–water partition coefficient (Wildman–Crippen LogP) is 3.57. The van der Waals surface area contributed by atoms with E-state index in [1.54, 1.807) is 6.20 Å². The van der Waals surface area contributed by atoms with Gasteiger partial charge < -0.3 is 0 Å². The third-order valence-electron chi connectivity index (χ3n) is 0.877. The van der Waals surface area contributed by atoms with Crippen LogP contribution in [0.2, 0.25) is 0 Å². The van der Waals surface area contributed by atoms with Crippen molar-refractivity contribution in [2.45, 2.75) is 9.92 Å². The van der Waals surface area contributed by atoms with Crippen molar-refractivity contribution in [3.05, 3.63) is 18.3 Å². The standard InChI is InChI=1S/C5H3Cl2NS2/c6-9-4-1-2-5(10-7)8-3-4/h1-3H. The fourth-order valence-electron chi connectivity index (χ4n) is 0.458. The first-order chi connectivity index (χ1) is 4.86. The number of rotatable bonds is 2. The number of aromatic nitrogens is 1. The van der Waals surface area contributed by atoms with E-state index in [1.165, 1.54) is 0 Å². The first-order valence-corrected chi connectivity index (χ1v) is 5.68. The lowest BCUT2D eigenvalue weighted by atomic mass is 10.5. The maximum atomic E-state index is 5.46. The van der Waals surface area contributed by atoms with Crippen LogP contribution in [0.25, 0.3) is 0 Å². The Hall–Kier alpha value is 0.430. The summed E-state index contributed by atoms with van der Waals surface area (Å²) in [7, 11) is 13.1. The summed E-state index contributed by atoms with van der Waals surface area (Å²) in [5.74, 6) is 0. The molecule has 1 nitrogen and oxygen atoms in total. The Kier molecular flexibility index (Phi) is 3.70. The molecule has 0 aliphatic heterocycles. The highest BCUT2D eigenvalue weighted by atomic mass is 35.7. The van der Waals surface area contributed by atoms with E-state index in [0.29, 0.717) is 0 Å². The van der Waals surface area contributed by atoms with Gasteiger partial charge in [-0.1, -0.05) is 0 Å². The smallest absolute Gasteiger partial charge is 0.112 e. The topological polar surface area (TPSA) is 12.9 Å². The zero-order chi connectivity index (χ0) is 7.40. The SMILES string of the molecule is ClSc1ccc(SCl)nc1. The molecular formula is C5H3Cl2NS2. The minimum absolute atomic E-state index is 0.788. The molecule has 0 bridgehead atoms. The van der Waals surface area contributed by atoms with E-state index in [-0.39, 0.29) is 0 Å². The van der Waals surface area contributed by atoms with E-state index in [0.717, 1.165) is 31.9 Å². The van der Waals surface area contributed by atoms with E-state index in [9.17, 15) is 0 Å². The van der Waals surface area contributed by atoms with Crippen molar-refractivity contribution >= 4 is 43.3 Å². The first-order valence-electron chi connectivity index (χ1n) is 2.40. The summed E-state index contributed by atoms with van der Waals surface area (Å²) in [6, 6.07) is 3.69. The van der Waals surface area contributed by atoms with Crippen molar-refractivity contribution < 1.29 is 0 Å². The molecule has 1 rings (SSSR count). The molecule has 10 heavy (non-hydrogen) atoms. The molecule has 0 spiro atoms. The molecule has 54 valence electrons. The number of pyridine rings is 1. The van der Waals surface area contributed by atoms with Crippen molar-refractivity contribution in [3.63, 3.8) is 0 Å². The molecule has 0 unspecified atom stereocenters. The van der Waals surface area contributed by atoms with Crippen LogP contribution in [0, 0.1) is 0 Å². The minimum Gasteiger partial charge on any atom is -0.248 e. The van der Waals surface area contributed by atoms with Gasteiger partial charge in [-0.3, -0.25) is 0 Å². The largest absolute Gasteiger partial charge is 0.248 e. The molecule has 1 aromatic rings. The molecule has 0 atom stereocenters. The maximum absolute atomic E-state index is 5.46. The molecule has 0 N–H and O–H groups in total. The number of nitrogens with zero attached hydrogens (tertiary/aromatic N) is 1. The first kappa shape index (κ1) is 8.53. The van der Waals surface area contributed by atoms with E-state index in [2.05, 4.69) is 4.98 Å². The fraction of sp³-hybridized carbons (Fsp3) is 0. The molecular weight excluding hydrogens is 209 g/mol. The van der Waals surface area contributed by atoms with Crippen molar-refractivity contribution in [1.82, 2.24) is 4.98 Å². The molecule has 0 amide bonds. The summed E-state index contributed by atoms with van der Waals surface area (Å²) in [6.07, 6.45) is 1.68. The van der Waals surface area contributed by atoms with Crippen molar-refractivity contribution in [2.75, 3.05) is 0 Å². The Morgan fingerprint density at radius 2 is 2.00 bits per heavy atom. The average Bonchev–Trinajstić information content (AvgIpc) is 2.05. The lowest BCUT2D eigenvalue weighted by Crippen LogP contribution is -1.74. The van der Waals surface area contributed by atoms with E-state index >= 15 is 0 Å². The number of halogens is 2. The third-order valence-corrected chi connectivity index (χ3v) is 2.71. The molecule has 0 fully saturated rings. The summed E-state index contributed by atoms with van der Waals surface area (Å²) < 4.78 is 0. The normalized spacial score (nSPS) is 9.80. The molecule has 5 heteroatoms. The summed E-state index contributed by atoms with van der Waals surface area (Å²) in [5, 5.41) is 0.788. The van der Waals surface area contributed by atoms with Crippen LogP contribution in [0.5, 0.6) is 0 Å². The molecule has 0 aliphatic rings. The predicted molar refractivity (Wildman–Crippen MR) is 47.7 cm³/mol. The molecule has 0 radical (unpaired) electrons. The van der Waals surface area contributed by atoms with Crippen LogP contribution in [0.1, 0.15) is 0 Å². The van der Waals surface area contributed by atoms with E-state index in [1.807, 2.05) is 12.1 Å². The van der Waals surface area contributed by atoms with Crippen molar-refractivity contribution in [2.24, 2.45) is 0 Å². The molecule has 0 saturated heterocycles.